The third kappa shape index (κ3) is 3.56. The molecule has 0 N–H and O–H groups in total. The maximum absolute atomic E-state index is 8.80. The molecule has 0 saturated carbocycles. The second-order valence-corrected chi connectivity index (χ2v) is 4.76. The topological polar surface area (TPSA) is 42.2 Å². The molecule has 0 aliphatic carbocycles. The lowest BCUT2D eigenvalue weighted by atomic mass is 10.1. The number of hydrogen-bond acceptors (Lipinski definition) is 3. The Bertz CT molecular complexity index is 431. The number of nitriles is 1. The maximum atomic E-state index is 8.80. The minimum Gasteiger partial charge on any atom is -0.376 e. The van der Waals surface area contributed by atoms with Crippen LogP contribution in [0.4, 0.5) is 0 Å². The normalized spacial score (nSPS) is 19.4. The summed E-state index contributed by atoms with van der Waals surface area (Å²) in [5.74, 6) is 0. The minimum atomic E-state index is 0.262. The predicted molar refractivity (Wildman–Crippen MR) is 69.1 cm³/mol. The van der Waals surface area contributed by atoms with Crippen LogP contribution in [0.25, 0.3) is 0 Å². The van der Waals surface area contributed by atoms with Crippen molar-refractivity contribution >= 4 is 0 Å². The first-order chi connectivity index (χ1) is 8.79. The van der Waals surface area contributed by atoms with Gasteiger partial charge < -0.3 is 9.47 Å². The van der Waals surface area contributed by atoms with Crippen molar-refractivity contribution in [3.8, 4) is 6.07 Å². The molecular formula is C15H19NO2. The fraction of sp³-hybridized carbons (Fsp3) is 0.533. The molecular weight excluding hydrogens is 226 g/mol. The summed E-state index contributed by atoms with van der Waals surface area (Å²) in [6.45, 7) is 4.14. The zero-order valence-electron chi connectivity index (χ0n) is 10.8. The number of hydrogen-bond donors (Lipinski definition) is 0. The van der Waals surface area contributed by atoms with Crippen molar-refractivity contribution in [3.63, 3.8) is 0 Å². The monoisotopic (exact) mass is 245 g/mol. The molecule has 1 atom stereocenters. The molecule has 96 valence electrons. The van der Waals surface area contributed by atoms with Crippen LogP contribution in [0.2, 0.25) is 0 Å². The molecule has 1 unspecified atom stereocenters. The summed E-state index contributed by atoms with van der Waals surface area (Å²) in [5.41, 5.74) is 2.95. The Labute approximate surface area is 108 Å². The zero-order chi connectivity index (χ0) is 12.8. The highest BCUT2D eigenvalue weighted by Gasteiger charge is 2.13. The van der Waals surface area contributed by atoms with E-state index in [1.54, 1.807) is 0 Å². The van der Waals surface area contributed by atoms with Crippen LogP contribution in [0.1, 0.15) is 36.0 Å². The van der Waals surface area contributed by atoms with E-state index in [1.165, 1.54) is 12.8 Å². The van der Waals surface area contributed by atoms with Crippen LogP contribution < -0.4 is 0 Å². The van der Waals surface area contributed by atoms with Crippen LogP contribution in [0, 0.1) is 18.3 Å². The van der Waals surface area contributed by atoms with E-state index >= 15 is 0 Å². The van der Waals surface area contributed by atoms with Gasteiger partial charge in [-0.05, 0) is 49.4 Å². The number of benzene rings is 1. The van der Waals surface area contributed by atoms with Crippen molar-refractivity contribution in [2.75, 3.05) is 13.2 Å². The molecule has 3 nitrogen and oxygen atoms in total. The molecule has 0 bridgehead atoms. The quantitative estimate of drug-likeness (QED) is 0.819. The Morgan fingerprint density at radius 1 is 1.44 bits per heavy atom. The van der Waals surface area contributed by atoms with Gasteiger partial charge in [0.1, 0.15) is 0 Å². The predicted octanol–water partition coefficient (Wildman–Crippen LogP) is 2.95. The van der Waals surface area contributed by atoms with Gasteiger partial charge in [0, 0.05) is 6.61 Å². The van der Waals surface area contributed by atoms with E-state index in [9.17, 15) is 0 Å². The van der Waals surface area contributed by atoms with E-state index in [0.717, 1.165) is 24.2 Å². The molecule has 1 aromatic rings. The molecule has 3 heteroatoms. The second-order valence-electron chi connectivity index (χ2n) is 4.76. The highest BCUT2D eigenvalue weighted by molar-refractivity contribution is 5.37. The SMILES string of the molecule is Cc1cc(C#N)ccc1COCC1CCCCO1. The summed E-state index contributed by atoms with van der Waals surface area (Å²) in [5, 5.41) is 8.80. The molecule has 0 radical (unpaired) electrons. The lowest BCUT2D eigenvalue weighted by Gasteiger charge is -2.22. The molecule has 0 amide bonds. The summed E-state index contributed by atoms with van der Waals surface area (Å²) in [7, 11) is 0. The molecule has 0 spiro atoms. The van der Waals surface area contributed by atoms with Crippen molar-refractivity contribution < 1.29 is 9.47 Å². The highest BCUT2D eigenvalue weighted by atomic mass is 16.5. The standard InChI is InChI=1S/C15H19NO2/c1-12-8-13(9-16)5-6-14(12)10-17-11-15-4-2-3-7-18-15/h5-6,8,15H,2-4,7,10-11H2,1H3. The van der Waals surface area contributed by atoms with Crippen LogP contribution in [0.3, 0.4) is 0 Å². The molecule has 1 aliphatic rings. The lowest BCUT2D eigenvalue weighted by molar-refractivity contribution is -0.0448. The maximum Gasteiger partial charge on any atom is 0.0991 e. The van der Waals surface area contributed by atoms with Crippen LogP contribution in [0.5, 0.6) is 0 Å². The van der Waals surface area contributed by atoms with E-state index in [4.69, 9.17) is 14.7 Å². The molecule has 0 aromatic heterocycles. The van der Waals surface area contributed by atoms with Crippen LogP contribution >= 0.6 is 0 Å². The fourth-order valence-electron chi connectivity index (χ4n) is 2.17. The van der Waals surface area contributed by atoms with Gasteiger partial charge >= 0.3 is 0 Å². The van der Waals surface area contributed by atoms with Gasteiger partial charge in [0.2, 0.25) is 0 Å². The Morgan fingerprint density at radius 2 is 2.33 bits per heavy atom. The first kappa shape index (κ1) is 13.1. The van der Waals surface area contributed by atoms with Gasteiger partial charge in [-0.1, -0.05) is 6.07 Å². The van der Waals surface area contributed by atoms with E-state index in [0.29, 0.717) is 18.8 Å². The van der Waals surface area contributed by atoms with Gasteiger partial charge in [-0.15, -0.1) is 0 Å². The van der Waals surface area contributed by atoms with Gasteiger partial charge in [-0.2, -0.15) is 5.26 Å². The van der Waals surface area contributed by atoms with Crippen molar-refractivity contribution in [2.45, 2.75) is 38.9 Å². The summed E-state index contributed by atoms with van der Waals surface area (Å²) in [4.78, 5) is 0. The number of ether oxygens (including phenoxy) is 2. The van der Waals surface area contributed by atoms with E-state index in [1.807, 2.05) is 25.1 Å². The van der Waals surface area contributed by atoms with Gasteiger partial charge in [-0.25, -0.2) is 0 Å². The Morgan fingerprint density at radius 3 is 3.00 bits per heavy atom. The minimum absolute atomic E-state index is 0.262. The van der Waals surface area contributed by atoms with Gasteiger partial charge in [0.05, 0.1) is 31.0 Å². The van der Waals surface area contributed by atoms with E-state index in [-0.39, 0.29) is 6.10 Å². The van der Waals surface area contributed by atoms with Crippen molar-refractivity contribution in [1.82, 2.24) is 0 Å². The average molecular weight is 245 g/mol. The van der Waals surface area contributed by atoms with Crippen LogP contribution in [-0.2, 0) is 16.1 Å². The molecule has 1 aromatic carbocycles. The van der Waals surface area contributed by atoms with Crippen molar-refractivity contribution in [3.05, 3.63) is 34.9 Å². The van der Waals surface area contributed by atoms with Crippen LogP contribution in [0.15, 0.2) is 18.2 Å². The molecule has 2 rings (SSSR count). The second kappa shape index (κ2) is 6.53. The summed E-state index contributed by atoms with van der Waals surface area (Å²) in [6.07, 6.45) is 3.78. The first-order valence-electron chi connectivity index (χ1n) is 6.48. The molecule has 18 heavy (non-hydrogen) atoms. The van der Waals surface area contributed by atoms with Crippen molar-refractivity contribution in [1.29, 1.82) is 5.26 Å². The Hall–Kier alpha value is -1.37. The number of aryl methyl sites for hydroxylation is 1. The smallest absolute Gasteiger partial charge is 0.0991 e. The van der Waals surface area contributed by atoms with Gasteiger partial charge in [0.15, 0.2) is 0 Å². The average Bonchev–Trinajstić information content (AvgIpc) is 2.42. The Balaban J connectivity index is 1.81. The molecule has 1 aliphatic heterocycles. The highest BCUT2D eigenvalue weighted by Crippen LogP contribution is 2.15. The summed E-state index contributed by atoms with van der Waals surface area (Å²) in [6, 6.07) is 7.84. The molecule has 1 heterocycles. The van der Waals surface area contributed by atoms with Crippen molar-refractivity contribution in [2.24, 2.45) is 0 Å². The number of nitrogens with zero attached hydrogens (tertiary/aromatic N) is 1. The zero-order valence-corrected chi connectivity index (χ0v) is 10.8. The largest absolute Gasteiger partial charge is 0.376 e. The third-order valence-corrected chi connectivity index (χ3v) is 3.31. The first-order valence-corrected chi connectivity index (χ1v) is 6.48. The molecule has 1 fully saturated rings. The summed E-state index contributed by atoms with van der Waals surface area (Å²) >= 11 is 0. The lowest BCUT2D eigenvalue weighted by Crippen LogP contribution is -2.24. The third-order valence-electron chi connectivity index (χ3n) is 3.31. The fourth-order valence-corrected chi connectivity index (χ4v) is 2.17. The van der Waals surface area contributed by atoms with Gasteiger partial charge in [0.25, 0.3) is 0 Å². The molecule has 1 saturated heterocycles. The Kier molecular flexibility index (Phi) is 4.74. The van der Waals surface area contributed by atoms with Crippen LogP contribution in [-0.4, -0.2) is 19.3 Å². The van der Waals surface area contributed by atoms with Gasteiger partial charge in [-0.3, -0.25) is 0 Å². The number of rotatable bonds is 4. The van der Waals surface area contributed by atoms with E-state index in [2.05, 4.69) is 6.07 Å². The summed E-state index contributed by atoms with van der Waals surface area (Å²) < 4.78 is 11.3. The van der Waals surface area contributed by atoms with E-state index < -0.39 is 0 Å².